The van der Waals surface area contributed by atoms with Gasteiger partial charge in [-0.25, -0.2) is 0 Å². The van der Waals surface area contributed by atoms with Gasteiger partial charge in [0.25, 0.3) is 0 Å². The molecule has 0 aromatic carbocycles. The third kappa shape index (κ3) is 9.00. The lowest BCUT2D eigenvalue weighted by molar-refractivity contribution is -0.119. The van der Waals surface area contributed by atoms with Crippen molar-refractivity contribution in [3.8, 4) is 24.7 Å². The van der Waals surface area contributed by atoms with Crippen LogP contribution >= 0.6 is 0 Å². The van der Waals surface area contributed by atoms with Gasteiger partial charge in [0.1, 0.15) is 13.2 Å². The van der Waals surface area contributed by atoms with Gasteiger partial charge in [-0.05, 0) is 0 Å². The van der Waals surface area contributed by atoms with Crippen molar-refractivity contribution in [1.29, 1.82) is 0 Å². The van der Waals surface area contributed by atoms with Gasteiger partial charge in [-0.15, -0.1) is 12.8 Å². The molecular formula is C8H10O3. The molecule has 11 heavy (non-hydrogen) atoms. The van der Waals surface area contributed by atoms with Gasteiger partial charge in [-0.3, -0.25) is 0 Å². The first-order valence-electron chi connectivity index (χ1n) is 3.02. The second-order valence-electron chi connectivity index (χ2n) is 1.54. The van der Waals surface area contributed by atoms with Gasteiger partial charge in [0.2, 0.25) is 0 Å². The minimum Gasteiger partial charge on any atom is -0.343 e. The number of rotatable bonds is 6. The topological polar surface area (TPSA) is 27.7 Å². The van der Waals surface area contributed by atoms with Crippen molar-refractivity contribution >= 4 is 0 Å². The molecule has 0 N–H and O–H groups in total. The third-order valence-electron chi connectivity index (χ3n) is 0.704. The van der Waals surface area contributed by atoms with Crippen LogP contribution in [0.4, 0.5) is 0 Å². The molecule has 0 unspecified atom stereocenters. The van der Waals surface area contributed by atoms with Crippen LogP contribution in [0.1, 0.15) is 0 Å². The zero-order valence-electron chi connectivity index (χ0n) is 6.21. The maximum atomic E-state index is 4.90. The average molecular weight is 154 g/mol. The minimum atomic E-state index is 0.134. The van der Waals surface area contributed by atoms with Crippen LogP contribution < -0.4 is 0 Å². The zero-order valence-corrected chi connectivity index (χ0v) is 6.21. The van der Waals surface area contributed by atoms with Gasteiger partial charge >= 0.3 is 0 Å². The van der Waals surface area contributed by atoms with Crippen molar-refractivity contribution in [3.05, 3.63) is 0 Å². The molecule has 0 spiro atoms. The Morgan fingerprint density at radius 3 is 1.64 bits per heavy atom. The molecule has 0 aromatic heterocycles. The van der Waals surface area contributed by atoms with Crippen LogP contribution in [0.3, 0.4) is 0 Å². The van der Waals surface area contributed by atoms with E-state index >= 15 is 0 Å². The Hall–Kier alpha value is -1.00. The summed E-state index contributed by atoms with van der Waals surface area (Å²) in [6.45, 7) is 0.758. The minimum absolute atomic E-state index is 0.134. The van der Waals surface area contributed by atoms with E-state index < -0.39 is 0 Å². The van der Waals surface area contributed by atoms with Crippen LogP contribution in [0.2, 0.25) is 0 Å². The Morgan fingerprint density at radius 2 is 1.27 bits per heavy atom. The number of ether oxygens (including phenoxy) is 3. The standard InChI is InChI=1S/C8H10O3/c1-3-5-9-7-11-8-10-6-4-2/h1-2H,5-8H2. The summed E-state index contributed by atoms with van der Waals surface area (Å²) in [5, 5.41) is 0. The average Bonchev–Trinajstić information content (AvgIpc) is 2.03. The molecule has 0 saturated carbocycles. The van der Waals surface area contributed by atoms with Crippen LogP contribution in [0.25, 0.3) is 0 Å². The van der Waals surface area contributed by atoms with E-state index in [0.717, 1.165) is 0 Å². The predicted octanol–water partition coefficient (Wildman–Crippen LogP) is 0.218. The fraction of sp³-hybridized carbons (Fsp3) is 0.500. The molecule has 0 rings (SSSR count). The summed E-state index contributed by atoms with van der Waals surface area (Å²) < 4.78 is 14.3. The number of terminal acetylenes is 2. The third-order valence-corrected chi connectivity index (χ3v) is 0.704. The lowest BCUT2D eigenvalue weighted by atomic mass is 10.8. The highest BCUT2D eigenvalue weighted by Crippen LogP contribution is 1.79. The van der Waals surface area contributed by atoms with Crippen molar-refractivity contribution in [2.75, 3.05) is 26.8 Å². The van der Waals surface area contributed by atoms with Gasteiger partial charge in [-0.1, -0.05) is 11.8 Å². The van der Waals surface area contributed by atoms with Crippen molar-refractivity contribution in [2.24, 2.45) is 0 Å². The Labute approximate surface area is 66.6 Å². The highest BCUT2D eigenvalue weighted by atomic mass is 16.7. The van der Waals surface area contributed by atoms with E-state index in [0.29, 0.717) is 0 Å². The molecule has 0 radical (unpaired) electrons. The summed E-state index contributed by atoms with van der Waals surface area (Å²) in [6, 6.07) is 0. The maximum Gasteiger partial charge on any atom is 0.150 e. The Morgan fingerprint density at radius 1 is 0.818 bits per heavy atom. The van der Waals surface area contributed by atoms with Crippen LogP contribution in [0.15, 0.2) is 0 Å². The van der Waals surface area contributed by atoms with E-state index in [9.17, 15) is 0 Å². The van der Waals surface area contributed by atoms with Gasteiger partial charge < -0.3 is 14.2 Å². The molecular weight excluding hydrogens is 144 g/mol. The maximum absolute atomic E-state index is 4.90. The molecule has 0 aromatic rings. The van der Waals surface area contributed by atoms with E-state index in [-0.39, 0.29) is 26.8 Å². The number of hydrogen-bond acceptors (Lipinski definition) is 3. The first-order chi connectivity index (χ1) is 5.41. The van der Waals surface area contributed by atoms with Crippen LogP contribution in [0, 0.1) is 24.7 Å². The fourth-order valence-electron chi connectivity index (χ4n) is 0.353. The van der Waals surface area contributed by atoms with E-state index in [1.54, 1.807) is 0 Å². The van der Waals surface area contributed by atoms with Gasteiger partial charge in [0.05, 0.1) is 0 Å². The predicted molar refractivity (Wildman–Crippen MR) is 40.4 cm³/mol. The highest BCUT2D eigenvalue weighted by molar-refractivity contribution is 4.82. The van der Waals surface area contributed by atoms with Gasteiger partial charge in [0.15, 0.2) is 13.6 Å². The summed E-state index contributed by atoms with van der Waals surface area (Å²) in [4.78, 5) is 0. The second kappa shape index (κ2) is 9.00. The summed E-state index contributed by atoms with van der Waals surface area (Å²) in [6.07, 6.45) is 9.81. The van der Waals surface area contributed by atoms with Crippen molar-refractivity contribution < 1.29 is 14.2 Å². The molecule has 3 nitrogen and oxygen atoms in total. The molecule has 0 heterocycles. The van der Waals surface area contributed by atoms with E-state index in [1.807, 2.05) is 0 Å². The highest BCUT2D eigenvalue weighted by Gasteiger charge is 1.84. The quantitative estimate of drug-likeness (QED) is 0.311. The van der Waals surface area contributed by atoms with E-state index in [4.69, 9.17) is 27.1 Å². The molecule has 0 atom stereocenters. The Kier molecular flexibility index (Phi) is 8.18. The smallest absolute Gasteiger partial charge is 0.150 e. The van der Waals surface area contributed by atoms with Crippen molar-refractivity contribution in [1.82, 2.24) is 0 Å². The number of hydrogen-bond donors (Lipinski definition) is 0. The van der Waals surface area contributed by atoms with Gasteiger partial charge in [0, 0.05) is 0 Å². The molecule has 3 heteroatoms. The molecule has 0 fully saturated rings. The first kappa shape index (κ1) is 10.0. The fourth-order valence-corrected chi connectivity index (χ4v) is 0.353. The van der Waals surface area contributed by atoms with E-state index in [1.165, 1.54) is 0 Å². The normalized spacial score (nSPS) is 8.55. The molecule has 0 bridgehead atoms. The second-order valence-corrected chi connectivity index (χ2v) is 1.54. The zero-order chi connectivity index (χ0) is 8.36. The van der Waals surface area contributed by atoms with Gasteiger partial charge in [-0.2, -0.15) is 0 Å². The SMILES string of the molecule is C#CCOCOCOCC#C. The summed E-state index contributed by atoms with van der Waals surface area (Å²) in [7, 11) is 0. The molecule has 0 amide bonds. The molecule has 0 aliphatic heterocycles. The first-order valence-corrected chi connectivity index (χ1v) is 3.02. The van der Waals surface area contributed by atoms with E-state index in [2.05, 4.69) is 11.8 Å². The Bertz CT molecular complexity index is 134. The summed E-state index contributed by atoms with van der Waals surface area (Å²) in [5.74, 6) is 4.59. The lowest BCUT2D eigenvalue weighted by Crippen LogP contribution is -2.04. The van der Waals surface area contributed by atoms with Crippen LogP contribution in [-0.4, -0.2) is 26.8 Å². The molecule has 60 valence electrons. The van der Waals surface area contributed by atoms with Crippen molar-refractivity contribution in [3.63, 3.8) is 0 Å². The Balaban J connectivity index is 2.82. The van der Waals surface area contributed by atoms with Crippen LogP contribution in [-0.2, 0) is 14.2 Å². The summed E-state index contributed by atoms with van der Waals surface area (Å²) in [5.41, 5.74) is 0. The summed E-state index contributed by atoms with van der Waals surface area (Å²) >= 11 is 0. The largest absolute Gasteiger partial charge is 0.343 e. The molecule has 0 aliphatic rings. The molecule has 0 aliphatic carbocycles. The molecule has 0 saturated heterocycles. The monoisotopic (exact) mass is 154 g/mol. The van der Waals surface area contributed by atoms with Crippen molar-refractivity contribution in [2.45, 2.75) is 0 Å². The lowest BCUT2D eigenvalue weighted by Gasteiger charge is -2.01. The van der Waals surface area contributed by atoms with Crippen LogP contribution in [0.5, 0.6) is 0 Å².